The maximum Gasteiger partial charge on any atom is 0.294 e. The Hall–Kier alpha value is -4.55. The van der Waals surface area contributed by atoms with Gasteiger partial charge in [-0.3, -0.25) is 4.72 Å². The van der Waals surface area contributed by atoms with Gasteiger partial charge in [-0.1, -0.05) is 30.3 Å². The fourth-order valence-corrected chi connectivity index (χ4v) is 5.80. The average molecular weight is 563 g/mol. The van der Waals surface area contributed by atoms with Crippen molar-refractivity contribution >= 4 is 43.0 Å². The molecule has 0 fully saturated rings. The first-order valence-corrected chi connectivity index (χ1v) is 14.0. The summed E-state index contributed by atoms with van der Waals surface area (Å²) in [6, 6.07) is 20.7. The van der Waals surface area contributed by atoms with Gasteiger partial charge in [0, 0.05) is 17.8 Å². The lowest BCUT2D eigenvalue weighted by Gasteiger charge is -2.11. The molecule has 1 N–H and O–H groups in total. The van der Waals surface area contributed by atoms with Gasteiger partial charge in [-0.2, -0.15) is 0 Å². The molecule has 0 atom stereocenters. The van der Waals surface area contributed by atoms with Gasteiger partial charge in [-0.25, -0.2) is 17.9 Å². The first kappa shape index (κ1) is 24.8. The van der Waals surface area contributed by atoms with Gasteiger partial charge in [0.2, 0.25) is 4.96 Å². The second-order valence-electron chi connectivity index (χ2n) is 8.48. The fourth-order valence-electron chi connectivity index (χ4n) is 4.03. The molecule has 39 heavy (non-hydrogen) atoms. The number of furan rings is 1. The van der Waals surface area contributed by atoms with Gasteiger partial charge >= 0.3 is 0 Å². The predicted octanol–water partition coefficient (Wildman–Crippen LogP) is 5.60. The minimum Gasteiger partial charge on any atom is -0.496 e. The highest BCUT2D eigenvalue weighted by Gasteiger charge is 2.18. The molecular formula is C27H22N4O6S2. The highest BCUT2D eigenvalue weighted by Crippen LogP contribution is 2.37. The molecule has 0 bridgehead atoms. The van der Waals surface area contributed by atoms with Crippen LogP contribution in [0.3, 0.4) is 0 Å². The molecule has 0 aliphatic carbocycles. The summed E-state index contributed by atoms with van der Waals surface area (Å²) in [5.41, 5.74) is 2.41. The molecule has 6 rings (SSSR count). The van der Waals surface area contributed by atoms with Crippen LogP contribution in [0.4, 0.5) is 5.69 Å². The third-order valence-corrected chi connectivity index (χ3v) is 8.17. The second-order valence-corrected chi connectivity index (χ2v) is 11.1. The van der Waals surface area contributed by atoms with E-state index < -0.39 is 10.0 Å². The Morgan fingerprint density at radius 3 is 2.62 bits per heavy atom. The van der Waals surface area contributed by atoms with Crippen LogP contribution in [0.15, 0.2) is 88.3 Å². The highest BCUT2D eigenvalue weighted by atomic mass is 32.2. The van der Waals surface area contributed by atoms with Gasteiger partial charge in [0.05, 0.1) is 30.7 Å². The number of hydrogen-bond acceptors (Lipinski definition) is 9. The Bertz CT molecular complexity index is 1860. The zero-order valence-corrected chi connectivity index (χ0v) is 22.5. The van der Waals surface area contributed by atoms with Crippen molar-refractivity contribution in [2.45, 2.75) is 11.5 Å². The van der Waals surface area contributed by atoms with Gasteiger partial charge in [0.25, 0.3) is 15.2 Å². The van der Waals surface area contributed by atoms with Crippen molar-refractivity contribution in [2.24, 2.45) is 0 Å². The monoisotopic (exact) mass is 562 g/mol. The Labute approximate surface area is 227 Å². The second kappa shape index (κ2) is 9.97. The predicted molar refractivity (Wildman–Crippen MR) is 147 cm³/mol. The zero-order chi connectivity index (χ0) is 27.0. The van der Waals surface area contributed by atoms with Crippen LogP contribution in [0, 0.1) is 0 Å². The fraction of sp³-hybridized carbons (Fsp3) is 0.111. The van der Waals surface area contributed by atoms with Gasteiger partial charge in [0.1, 0.15) is 29.4 Å². The standard InChI is InChI=1S/C27H22N4O6S2/c1-34-19-12-23(21-14-25(37-24(21)13-19)22-15-31-26(28-22)38-27(29-31)35-2)36-16-17-7-6-8-18(11-17)30-39(32,33)20-9-4-3-5-10-20/h3-15,30H,16H2,1-2H3. The van der Waals surface area contributed by atoms with E-state index in [0.717, 1.165) is 10.9 Å². The number of ether oxygens (including phenoxy) is 3. The quantitative estimate of drug-likeness (QED) is 0.242. The van der Waals surface area contributed by atoms with E-state index in [1.807, 2.05) is 12.1 Å². The Morgan fingerprint density at radius 1 is 1.00 bits per heavy atom. The first-order valence-electron chi connectivity index (χ1n) is 11.7. The van der Waals surface area contributed by atoms with Crippen LogP contribution in [-0.2, 0) is 16.6 Å². The summed E-state index contributed by atoms with van der Waals surface area (Å²) in [5.74, 6) is 1.67. The summed E-state index contributed by atoms with van der Waals surface area (Å²) in [6.07, 6.45) is 1.77. The molecule has 0 amide bonds. The molecule has 0 saturated heterocycles. The van der Waals surface area contributed by atoms with Gasteiger partial charge in [-0.05, 0) is 47.2 Å². The van der Waals surface area contributed by atoms with Crippen molar-refractivity contribution in [3.63, 3.8) is 0 Å². The molecule has 0 aliphatic rings. The zero-order valence-electron chi connectivity index (χ0n) is 20.8. The van der Waals surface area contributed by atoms with E-state index in [0.29, 0.717) is 44.4 Å². The minimum absolute atomic E-state index is 0.188. The number of hydrogen-bond donors (Lipinski definition) is 1. The van der Waals surface area contributed by atoms with Crippen LogP contribution in [0.1, 0.15) is 5.56 Å². The third kappa shape index (κ3) is 4.99. The molecule has 12 heteroatoms. The van der Waals surface area contributed by atoms with Crippen LogP contribution in [0.2, 0.25) is 0 Å². The van der Waals surface area contributed by atoms with E-state index in [-0.39, 0.29) is 11.5 Å². The Morgan fingerprint density at radius 2 is 1.85 bits per heavy atom. The summed E-state index contributed by atoms with van der Waals surface area (Å²) in [5, 5.41) is 5.57. The smallest absolute Gasteiger partial charge is 0.294 e. The van der Waals surface area contributed by atoms with Crippen LogP contribution in [0.5, 0.6) is 16.7 Å². The van der Waals surface area contributed by atoms with E-state index in [1.165, 1.54) is 11.3 Å². The number of aromatic nitrogens is 3. The molecular weight excluding hydrogens is 540 g/mol. The number of anilines is 1. The van der Waals surface area contributed by atoms with Crippen molar-refractivity contribution in [1.29, 1.82) is 0 Å². The number of sulfonamides is 1. The van der Waals surface area contributed by atoms with E-state index >= 15 is 0 Å². The maximum atomic E-state index is 12.7. The number of benzene rings is 3. The topological polar surface area (TPSA) is 117 Å². The lowest BCUT2D eigenvalue weighted by Crippen LogP contribution is -2.13. The summed E-state index contributed by atoms with van der Waals surface area (Å²) < 4.78 is 52.6. The van der Waals surface area contributed by atoms with Gasteiger partial charge in [-0.15, -0.1) is 5.10 Å². The summed E-state index contributed by atoms with van der Waals surface area (Å²) in [4.78, 5) is 5.46. The van der Waals surface area contributed by atoms with Crippen LogP contribution in [0.25, 0.3) is 27.4 Å². The number of imidazole rings is 1. The first-order chi connectivity index (χ1) is 18.9. The largest absolute Gasteiger partial charge is 0.496 e. The van der Waals surface area contributed by atoms with E-state index in [4.69, 9.17) is 18.6 Å². The molecule has 3 aromatic carbocycles. The molecule has 0 unspecified atom stereocenters. The molecule has 0 radical (unpaired) electrons. The molecule has 0 spiro atoms. The summed E-state index contributed by atoms with van der Waals surface area (Å²) in [7, 11) is -0.575. The number of nitrogens with zero attached hydrogens (tertiary/aromatic N) is 3. The molecule has 198 valence electrons. The molecule has 3 heterocycles. The summed E-state index contributed by atoms with van der Waals surface area (Å²) >= 11 is 1.33. The molecule has 10 nitrogen and oxygen atoms in total. The van der Waals surface area contributed by atoms with Crippen molar-refractivity contribution in [3.8, 4) is 28.1 Å². The molecule has 0 aliphatic heterocycles. The third-order valence-electron chi connectivity index (χ3n) is 5.89. The lowest BCUT2D eigenvalue weighted by atomic mass is 10.2. The molecule has 6 aromatic rings. The van der Waals surface area contributed by atoms with E-state index in [9.17, 15) is 8.42 Å². The number of fused-ring (bicyclic) bond motifs is 2. The van der Waals surface area contributed by atoms with Crippen LogP contribution < -0.4 is 18.9 Å². The van der Waals surface area contributed by atoms with Crippen molar-refractivity contribution in [2.75, 3.05) is 18.9 Å². The minimum atomic E-state index is -3.71. The van der Waals surface area contributed by atoms with Gasteiger partial charge < -0.3 is 18.6 Å². The van der Waals surface area contributed by atoms with Crippen molar-refractivity contribution in [1.82, 2.24) is 14.6 Å². The van der Waals surface area contributed by atoms with Crippen LogP contribution >= 0.6 is 11.3 Å². The van der Waals surface area contributed by atoms with Crippen LogP contribution in [-0.4, -0.2) is 37.2 Å². The molecule has 3 aromatic heterocycles. The van der Waals surface area contributed by atoms with Crippen molar-refractivity contribution in [3.05, 3.63) is 84.6 Å². The van der Waals surface area contributed by atoms with E-state index in [1.54, 1.807) is 85.6 Å². The maximum absolute atomic E-state index is 12.7. The average Bonchev–Trinajstić information content (AvgIpc) is 3.65. The molecule has 0 saturated carbocycles. The van der Waals surface area contributed by atoms with E-state index in [2.05, 4.69) is 14.8 Å². The van der Waals surface area contributed by atoms with Crippen molar-refractivity contribution < 1.29 is 27.0 Å². The Kier molecular flexibility index (Phi) is 6.33. The summed E-state index contributed by atoms with van der Waals surface area (Å²) in [6.45, 7) is 0.188. The lowest BCUT2D eigenvalue weighted by molar-refractivity contribution is 0.307. The number of nitrogens with one attached hydrogen (secondary N) is 1. The number of methoxy groups -OCH3 is 2. The Balaban J connectivity index is 1.25. The van der Waals surface area contributed by atoms with Gasteiger partial charge in [0.15, 0.2) is 5.76 Å². The SMILES string of the molecule is COc1cc(OCc2cccc(NS(=O)(=O)c3ccccc3)c2)c2cc(-c3cn4nc(OC)sc4n3)oc2c1. The highest BCUT2D eigenvalue weighted by molar-refractivity contribution is 7.92. The number of rotatable bonds is 9. The normalized spacial score (nSPS) is 11.6.